The fraction of sp³-hybridized carbons (Fsp3) is 0.292. The third kappa shape index (κ3) is 5.34. The van der Waals surface area contributed by atoms with Crippen LogP contribution in [0.3, 0.4) is 0 Å². The van der Waals surface area contributed by atoms with E-state index in [-0.39, 0.29) is 6.42 Å². The molecule has 2 N–H and O–H groups in total. The molecule has 0 heterocycles. The quantitative estimate of drug-likeness (QED) is 0.0992. The van der Waals surface area contributed by atoms with Crippen LogP contribution in [0, 0.1) is 10.8 Å². The number of unbranched alkanes of at least 4 members (excludes halogenated alkanes) is 2. The number of hydrogen-bond acceptors (Lipinski definition) is 2. The lowest BCUT2D eigenvalue weighted by Gasteiger charge is -2.44. The molecule has 0 aromatic heterocycles. The first kappa shape index (κ1) is 32.7. The minimum atomic E-state index is -0.995. The summed E-state index contributed by atoms with van der Waals surface area (Å²) >= 11 is 0. The van der Waals surface area contributed by atoms with Crippen LogP contribution >= 0.6 is 0 Å². The molecule has 4 nitrogen and oxygen atoms in total. The molecule has 0 spiro atoms. The molecular weight excluding hydrogens is 641 g/mol. The van der Waals surface area contributed by atoms with Crippen LogP contribution in [0.1, 0.15) is 75.3 Å². The Morgan fingerprint density at radius 1 is 0.462 bits per heavy atom. The van der Waals surface area contributed by atoms with Gasteiger partial charge in [-0.2, -0.15) is 0 Å². The molecule has 0 amide bonds. The van der Waals surface area contributed by atoms with Crippen LogP contribution in [0.5, 0.6) is 0 Å². The number of carboxylic acid groups (broad SMARTS) is 2. The second-order valence-electron chi connectivity index (χ2n) is 15.8. The maximum absolute atomic E-state index is 13.0. The normalized spacial score (nSPS) is 19.5. The van der Waals surface area contributed by atoms with E-state index in [9.17, 15) is 19.8 Å². The summed E-state index contributed by atoms with van der Waals surface area (Å²) in [5, 5.41) is 36.6. The van der Waals surface area contributed by atoms with E-state index < -0.39 is 22.8 Å². The van der Waals surface area contributed by atoms with Crippen LogP contribution in [-0.2, 0) is 22.4 Å². The summed E-state index contributed by atoms with van der Waals surface area (Å²) in [6.07, 6.45) is 8.03. The first-order chi connectivity index (χ1) is 25.4. The molecule has 4 heteroatoms. The van der Waals surface area contributed by atoms with Gasteiger partial charge in [0.25, 0.3) is 0 Å². The zero-order valence-electron chi connectivity index (χ0n) is 29.6. The second-order valence-corrected chi connectivity index (χ2v) is 15.8. The Kier molecular flexibility index (Phi) is 8.02. The topological polar surface area (TPSA) is 74.6 Å². The Bertz CT molecular complexity index is 2410. The van der Waals surface area contributed by atoms with Crippen molar-refractivity contribution in [2.24, 2.45) is 10.8 Å². The highest BCUT2D eigenvalue weighted by Gasteiger charge is 2.52. The molecular formula is C48H44O4. The standard InChI is InChI=1S/C48H44O4/c49-45(50)47(26-3-1-8-31-14-16-37-20-18-33-10-5-12-35-22-24-39(31)43(37)41(33)35)28-7-29-48(30-47,46(51)52)27-4-2-9-32-15-17-38-21-19-34-11-6-13-36-23-25-40(32)44(38)42(34)36/h5-6,10-25H,1-4,7-9,26-30H2,(H,49,50)(H,51,52)/t47-,48+. The smallest absolute Gasteiger partial charge is 0.309 e. The zero-order chi connectivity index (χ0) is 35.5. The molecule has 9 rings (SSSR count). The van der Waals surface area contributed by atoms with Crippen LogP contribution in [0.4, 0.5) is 0 Å². The summed E-state index contributed by atoms with van der Waals surface area (Å²) in [4.78, 5) is 26.0. The first-order valence-electron chi connectivity index (χ1n) is 19.1. The van der Waals surface area contributed by atoms with Gasteiger partial charge in [0.2, 0.25) is 0 Å². The summed E-state index contributed by atoms with van der Waals surface area (Å²) in [5.74, 6) is -1.65. The minimum Gasteiger partial charge on any atom is -0.481 e. The van der Waals surface area contributed by atoms with E-state index in [0.29, 0.717) is 32.1 Å². The van der Waals surface area contributed by atoms with Gasteiger partial charge in [0.1, 0.15) is 0 Å². The molecule has 1 aliphatic carbocycles. The molecule has 0 bridgehead atoms. The van der Waals surface area contributed by atoms with Crippen molar-refractivity contribution < 1.29 is 19.8 Å². The minimum absolute atomic E-state index is 0.224. The molecule has 0 aliphatic heterocycles. The van der Waals surface area contributed by atoms with E-state index in [0.717, 1.165) is 38.5 Å². The number of carbonyl (C=O) groups is 2. The molecule has 2 atom stereocenters. The van der Waals surface area contributed by atoms with Gasteiger partial charge in [0, 0.05) is 0 Å². The molecule has 52 heavy (non-hydrogen) atoms. The molecule has 0 radical (unpaired) electrons. The third-order valence-electron chi connectivity index (χ3n) is 12.8. The Morgan fingerprint density at radius 3 is 1.23 bits per heavy atom. The third-order valence-corrected chi connectivity index (χ3v) is 12.8. The SMILES string of the molecule is O=C(O)[C@@]1(CCCCc2ccc3ccc4cccc5ccc2c3c45)CCC[C@@](CCCCc2ccc3ccc4cccc5ccc2c3c45)(C(=O)O)C1. The fourth-order valence-corrected chi connectivity index (χ4v) is 10.2. The Labute approximate surface area is 303 Å². The number of aliphatic carboxylic acids is 2. The van der Waals surface area contributed by atoms with Crippen molar-refractivity contribution in [3.8, 4) is 0 Å². The average Bonchev–Trinajstić information content (AvgIpc) is 3.17. The van der Waals surface area contributed by atoms with Crippen molar-refractivity contribution in [2.75, 3.05) is 0 Å². The molecule has 260 valence electrons. The summed E-state index contributed by atoms with van der Waals surface area (Å²) in [6, 6.07) is 39.5. The van der Waals surface area contributed by atoms with Crippen molar-refractivity contribution in [1.82, 2.24) is 0 Å². The van der Waals surface area contributed by atoms with Crippen LogP contribution in [0.25, 0.3) is 64.6 Å². The average molecular weight is 685 g/mol. The molecule has 0 saturated heterocycles. The van der Waals surface area contributed by atoms with Gasteiger partial charge in [-0.1, -0.05) is 128 Å². The van der Waals surface area contributed by atoms with Gasteiger partial charge in [0.05, 0.1) is 10.8 Å². The van der Waals surface area contributed by atoms with Gasteiger partial charge in [-0.25, -0.2) is 0 Å². The van der Waals surface area contributed by atoms with Crippen LogP contribution in [0.2, 0.25) is 0 Å². The number of rotatable bonds is 12. The predicted octanol–water partition coefficient (Wildman–Crippen LogP) is 12.3. The lowest BCUT2D eigenvalue weighted by atomic mass is 9.58. The highest BCUT2D eigenvalue weighted by molar-refractivity contribution is 6.24. The molecule has 8 aromatic rings. The van der Waals surface area contributed by atoms with Crippen LogP contribution < -0.4 is 0 Å². The molecule has 1 saturated carbocycles. The Morgan fingerprint density at radius 2 is 0.827 bits per heavy atom. The summed E-state index contributed by atoms with van der Waals surface area (Å²) in [5.41, 5.74) is 0.600. The highest BCUT2D eigenvalue weighted by atomic mass is 16.4. The van der Waals surface area contributed by atoms with Gasteiger partial charge in [-0.15, -0.1) is 0 Å². The lowest BCUT2D eigenvalue weighted by Crippen LogP contribution is -2.45. The van der Waals surface area contributed by atoms with Crippen molar-refractivity contribution in [3.05, 3.63) is 120 Å². The van der Waals surface area contributed by atoms with Crippen molar-refractivity contribution in [1.29, 1.82) is 0 Å². The number of aryl methyl sites for hydroxylation is 2. The number of carboxylic acids is 2. The lowest BCUT2D eigenvalue weighted by molar-refractivity contribution is -0.164. The Balaban J connectivity index is 0.881. The van der Waals surface area contributed by atoms with E-state index in [1.165, 1.54) is 75.8 Å². The van der Waals surface area contributed by atoms with Gasteiger partial charge in [0.15, 0.2) is 0 Å². The fourth-order valence-electron chi connectivity index (χ4n) is 10.2. The summed E-state index contributed by atoms with van der Waals surface area (Å²) in [6.45, 7) is 0. The largest absolute Gasteiger partial charge is 0.481 e. The molecule has 1 aliphatic rings. The van der Waals surface area contributed by atoms with E-state index >= 15 is 0 Å². The van der Waals surface area contributed by atoms with Crippen LogP contribution in [0.15, 0.2) is 109 Å². The van der Waals surface area contributed by atoms with Crippen molar-refractivity contribution in [3.63, 3.8) is 0 Å². The van der Waals surface area contributed by atoms with Crippen LogP contribution in [-0.4, -0.2) is 22.2 Å². The van der Waals surface area contributed by atoms with Gasteiger partial charge >= 0.3 is 11.9 Å². The summed E-state index contributed by atoms with van der Waals surface area (Å²) in [7, 11) is 0. The maximum atomic E-state index is 13.0. The highest BCUT2D eigenvalue weighted by Crippen LogP contribution is 2.52. The number of hydrogen-bond donors (Lipinski definition) is 2. The molecule has 8 aromatic carbocycles. The van der Waals surface area contributed by atoms with Gasteiger partial charge in [-0.3, -0.25) is 9.59 Å². The van der Waals surface area contributed by atoms with E-state index in [2.05, 4.69) is 109 Å². The zero-order valence-corrected chi connectivity index (χ0v) is 29.6. The van der Waals surface area contributed by atoms with E-state index in [4.69, 9.17) is 0 Å². The first-order valence-corrected chi connectivity index (χ1v) is 19.1. The van der Waals surface area contributed by atoms with E-state index in [1.54, 1.807) is 0 Å². The van der Waals surface area contributed by atoms with Gasteiger partial charge in [-0.05, 0) is 134 Å². The molecule has 1 fully saturated rings. The monoisotopic (exact) mass is 684 g/mol. The summed E-state index contributed by atoms with van der Waals surface area (Å²) < 4.78 is 0. The van der Waals surface area contributed by atoms with Crippen molar-refractivity contribution in [2.45, 2.75) is 77.0 Å². The number of benzene rings is 8. The predicted molar refractivity (Wildman–Crippen MR) is 214 cm³/mol. The Hall–Kier alpha value is -5.22. The van der Waals surface area contributed by atoms with Crippen molar-refractivity contribution >= 4 is 76.6 Å². The maximum Gasteiger partial charge on any atom is 0.309 e. The van der Waals surface area contributed by atoms with Gasteiger partial charge < -0.3 is 10.2 Å². The van der Waals surface area contributed by atoms with E-state index in [1.807, 2.05) is 0 Å². The second kappa shape index (κ2) is 12.8. The molecule has 0 unspecified atom stereocenters.